The van der Waals surface area contributed by atoms with E-state index in [0.29, 0.717) is 12.0 Å². The number of carbonyl (C=O) groups is 1. The van der Waals surface area contributed by atoms with Gasteiger partial charge in [-0.05, 0) is 24.7 Å². The number of ether oxygens (including phenoxy) is 1. The molecule has 2 fully saturated rings. The van der Waals surface area contributed by atoms with Crippen molar-refractivity contribution in [1.82, 2.24) is 4.90 Å². The van der Waals surface area contributed by atoms with E-state index in [1.807, 2.05) is 0 Å². The molecule has 92 valence electrons. The fraction of sp³-hybridized carbons (Fsp3) is 0.923. The van der Waals surface area contributed by atoms with Crippen molar-refractivity contribution in [2.45, 2.75) is 51.6 Å². The molecule has 1 saturated heterocycles. The van der Waals surface area contributed by atoms with Crippen molar-refractivity contribution in [3.05, 3.63) is 0 Å². The summed E-state index contributed by atoms with van der Waals surface area (Å²) in [4.78, 5) is 13.9. The average molecular weight is 225 g/mol. The second-order valence-corrected chi connectivity index (χ2v) is 5.40. The van der Waals surface area contributed by atoms with Crippen LogP contribution in [0.15, 0.2) is 0 Å². The highest BCUT2D eigenvalue weighted by atomic mass is 16.5. The van der Waals surface area contributed by atoms with Crippen LogP contribution in [0.25, 0.3) is 0 Å². The van der Waals surface area contributed by atoms with Crippen molar-refractivity contribution in [3.63, 3.8) is 0 Å². The summed E-state index contributed by atoms with van der Waals surface area (Å²) in [7, 11) is 1.49. The van der Waals surface area contributed by atoms with Gasteiger partial charge in [-0.1, -0.05) is 26.7 Å². The number of methoxy groups -OCH3 is 1. The van der Waals surface area contributed by atoms with Gasteiger partial charge in [0, 0.05) is 12.6 Å². The van der Waals surface area contributed by atoms with E-state index < -0.39 is 0 Å². The number of hydrogen-bond donors (Lipinski definition) is 0. The standard InChI is InChI=1S/C13H23NO2/c1-9-5-4-6-11(10(9)2)14-8-7-12(14)13(15)16-3/h9-12H,4-8H2,1-3H3. The van der Waals surface area contributed by atoms with Crippen molar-refractivity contribution in [3.8, 4) is 0 Å². The Hall–Kier alpha value is -0.570. The Balaban J connectivity index is 1.99. The molecule has 2 aliphatic rings. The van der Waals surface area contributed by atoms with Crippen molar-refractivity contribution in [2.24, 2.45) is 11.8 Å². The topological polar surface area (TPSA) is 29.5 Å². The quantitative estimate of drug-likeness (QED) is 0.674. The molecule has 4 unspecified atom stereocenters. The molecule has 0 spiro atoms. The van der Waals surface area contributed by atoms with Crippen LogP contribution in [0.3, 0.4) is 0 Å². The fourth-order valence-electron chi connectivity index (χ4n) is 3.22. The van der Waals surface area contributed by atoms with E-state index in [1.54, 1.807) is 0 Å². The molecule has 3 nitrogen and oxygen atoms in total. The predicted octanol–water partition coefficient (Wildman–Crippen LogP) is 2.06. The molecule has 1 aliphatic heterocycles. The molecular formula is C13H23NO2. The van der Waals surface area contributed by atoms with E-state index in [1.165, 1.54) is 26.4 Å². The summed E-state index contributed by atoms with van der Waals surface area (Å²) in [5.41, 5.74) is 0. The fourth-order valence-corrected chi connectivity index (χ4v) is 3.22. The zero-order valence-corrected chi connectivity index (χ0v) is 10.6. The Morgan fingerprint density at radius 3 is 2.56 bits per heavy atom. The maximum Gasteiger partial charge on any atom is 0.323 e. The third-order valence-corrected chi connectivity index (χ3v) is 4.62. The normalized spacial score (nSPS) is 40.2. The van der Waals surface area contributed by atoms with Gasteiger partial charge in [-0.3, -0.25) is 9.69 Å². The molecule has 0 aromatic carbocycles. The van der Waals surface area contributed by atoms with E-state index in [4.69, 9.17) is 4.74 Å². The number of rotatable bonds is 2. The Labute approximate surface area is 98.1 Å². The van der Waals surface area contributed by atoms with Crippen LogP contribution < -0.4 is 0 Å². The first kappa shape index (κ1) is 11.9. The van der Waals surface area contributed by atoms with Gasteiger partial charge in [0.15, 0.2) is 0 Å². The summed E-state index contributed by atoms with van der Waals surface area (Å²) in [6.07, 6.45) is 4.87. The highest BCUT2D eigenvalue weighted by Crippen LogP contribution is 2.37. The van der Waals surface area contributed by atoms with E-state index >= 15 is 0 Å². The lowest BCUT2D eigenvalue weighted by Crippen LogP contribution is -2.60. The molecule has 3 heteroatoms. The molecular weight excluding hydrogens is 202 g/mol. The molecule has 1 saturated carbocycles. The molecule has 4 atom stereocenters. The molecule has 0 bridgehead atoms. The molecule has 1 aliphatic carbocycles. The maximum atomic E-state index is 11.6. The molecule has 16 heavy (non-hydrogen) atoms. The second kappa shape index (κ2) is 4.74. The summed E-state index contributed by atoms with van der Waals surface area (Å²) in [6.45, 7) is 5.74. The van der Waals surface area contributed by atoms with Gasteiger partial charge in [0.1, 0.15) is 6.04 Å². The van der Waals surface area contributed by atoms with Crippen molar-refractivity contribution >= 4 is 5.97 Å². The van der Waals surface area contributed by atoms with Gasteiger partial charge >= 0.3 is 5.97 Å². The molecule has 0 N–H and O–H groups in total. The summed E-state index contributed by atoms with van der Waals surface area (Å²) >= 11 is 0. The summed E-state index contributed by atoms with van der Waals surface area (Å²) in [6, 6.07) is 0.643. The lowest BCUT2D eigenvalue weighted by atomic mass is 9.75. The summed E-state index contributed by atoms with van der Waals surface area (Å²) in [5, 5.41) is 0. The maximum absolute atomic E-state index is 11.6. The van der Waals surface area contributed by atoms with Crippen molar-refractivity contribution < 1.29 is 9.53 Å². The average Bonchev–Trinajstić information content (AvgIpc) is 2.23. The van der Waals surface area contributed by atoms with Crippen molar-refractivity contribution in [2.75, 3.05) is 13.7 Å². The zero-order chi connectivity index (χ0) is 11.7. The minimum absolute atomic E-state index is 0.0442. The molecule has 2 rings (SSSR count). The lowest BCUT2D eigenvalue weighted by Gasteiger charge is -2.49. The Morgan fingerprint density at radius 1 is 1.25 bits per heavy atom. The highest BCUT2D eigenvalue weighted by molar-refractivity contribution is 5.76. The third kappa shape index (κ3) is 1.97. The first-order chi connectivity index (χ1) is 7.65. The summed E-state index contributed by atoms with van der Waals surface area (Å²) in [5.74, 6) is 1.45. The number of likely N-dealkylation sites (tertiary alicyclic amines) is 1. The monoisotopic (exact) mass is 225 g/mol. The number of nitrogens with zero attached hydrogens (tertiary/aromatic N) is 1. The van der Waals surface area contributed by atoms with Gasteiger partial charge in [-0.25, -0.2) is 0 Å². The first-order valence-corrected chi connectivity index (χ1v) is 6.48. The SMILES string of the molecule is COC(=O)C1CCN1C1CCCC(C)C1C. The number of esters is 1. The van der Waals surface area contributed by atoms with Crippen LogP contribution in [0.5, 0.6) is 0 Å². The van der Waals surface area contributed by atoms with E-state index in [0.717, 1.165) is 18.9 Å². The van der Waals surface area contributed by atoms with Crippen LogP contribution in [0.2, 0.25) is 0 Å². The third-order valence-electron chi connectivity index (χ3n) is 4.62. The van der Waals surface area contributed by atoms with Gasteiger partial charge in [0.25, 0.3) is 0 Å². The summed E-state index contributed by atoms with van der Waals surface area (Å²) < 4.78 is 4.86. The Kier molecular flexibility index (Phi) is 3.53. The van der Waals surface area contributed by atoms with Gasteiger partial charge in [0.05, 0.1) is 7.11 Å². The molecule has 0 aromatic heterocycles. The van der Waals surface area contributed by atoms with Crippen molar-refractivity contribution in [1.29, 1.82) is 0 Å². The van der Waals surface area contributed by atoms with Gasteiger partial charge in [-0.2, -0.15) is 0 Å². The number of carbonyl (C=O) groups excluding carboxylic acids is 1. The van der Waals surface area contributed by atoms with Gasteiger partial charge in [0.2, 0.25) is 0 Å². The van der Waals surface area contributed by atoms with E-state index in [9.17, 15) is 4.79 Å². The second-order valence-electron chi connectivity index (χ2n) is 5.40. The van der Waals surface area contributed by atoms with Crippen LogP contribution in [-0.4, -0.2) is 36.6 Å². The van der Waals surface area contributed by atoms with E-state index in [2.05, 4.69) is 18.7 Å². The zero-order valence-electron chi connectivity index (χ0n) is 10.6. The van der Waals surface area contributed by atoms with Crippen LogP contribution in [0.1, 0.15) is 39.5 Å². The first-order valence-electron chi connectivity index (χ1n) is 6.48. The molecule has 0 amide bonds. The Morgan fingerprint density at radius 2 is 2.00 bits per heavy atom. The van der Waals surface area contributed by atoms with E-state index in [-0.39, 0.29) is 12.0 Å². The van der Waals surface area contributed by atoms with Gasteiger partial charge in [-0.15, -0.1) is 0 Å². The molecule has 0 aromatic rings. The Bertz CT molecular complexity index is 267. The van der Waals surface area contributed by atoms with Gasteiger partial charge < -0.3 is 4.74 Å². The molecule has 1 heterocycles. The smallest absolute Gasteiger partial charge is 0.323 e. The lowest BCUT2D eigenvalue weighted by molar-refractivity contribution is -0.156. The van der Waals surface area contributed by atoms with Crippen LogP contribution in [-0.2, 0) is 9.53 Å². The van der Waals surface area contributed by atoms with Crippen LogP contribution in [0, 0.1) is 11.8 Å². The predicted molar refractivity (Wildman–Crippen MR) is 63.1 cm³/mol. The number of hydrogen-bond acceptors (Lipinski definition) is 3. The minimum atomic E-state index is -0.0447. The largest absolute Gasteiger partial charge is 0.468 e. The van der Waals surface area contributed by atoms with Crippen LogP contribution in [0.4, 0.5) is 0 Å². The molecule has 0 radical (unpaired) electrons. The van der Waals surface area contributed by atoms with Crippen LogP contribution >= 0.6 is 0 Å². The minimum Gasteiger partial charge on any atom is -0.468 e. The highest BCUT2D eigenvalue weighted by Gasteiger charge is 2.42.